The SMILES string of the molecule is CC(F)(F)c1ccc(Cn2nc3c(-c4ccc(Cl)cc4)c(-c4ccc(Cl)cc4)c(OCC(=O)O)nn3c2=O)cc1. The molecule has 0 amide bonds. The predicted octanol–water partition coefficient (Wildman–Crippen LogP) is 6.16. The molecule has 8 nitrogen and oxygen atoms in total. The van der Waals surface area contributed by atoms with Crippen LogP contribution in [0.5, 0.6) is 5.88 Å². The molecule has 0 fully saturated rings. The van der Waals surface area contributed by atoms with E-state index in [-0.39, 0.29) is 23.6 Å². The van der Waals surface area contributed by atoms with Gasteiger partial charge in [0.15, 0.2) is 12.3 Å². The highest BCUT2D eigenvalue weighted by Gasteiger charge is 2.26. The summed E-state index contributed by atoms with van der Waals surface area (Å²) in [6, 6.07) is 19.1. The molecular formula is C28H20Cl2F2N4O4. The minimum atomic E-state index is -3.00. The molecule has 12 heteroatoms. The number of hydrogen-bond donors (Lipinski definition) is 1. The number of hydrogen-bond acceptors (Lipinski definition) is 5. The summed E-state index contributed by atoms with van der Waals surface area (Å²) in [6.45, 7) is 0.0662. The second-order valence-electron chi connectivity index (χ2n) is 9.01. The van der Waals surface area contributed by atoms with Gasteiger partial charge < -0.3 is 9.84 Å². The summed E-state index contributed by atoms with van der Waals surface area (Å²) in [5, 5.41) is 19.1. The molecule has 5 rings (SSSR count). The molecule has 0 unspecified atom stereocenters. The summed E-state index contributed by atoms with van der Waals surface area (Å²) >= 11 is 12.2. The number of carboxylic acids is 1. The van der Waals surface area contributed by atoms with Crippen LogP contribution in [0.1, 0.15) is 18.1 Å². The Morgan fingerprint density at radius 1 is 0.900 bits per heavy atom. The summed E-state index contributed by atoms with van der Waals surface area (Å²) in [4.78, 5) is 24.8. The molecule has 2 heterocycles. The molecule has 2 aromatic heterocycles. The number of carboxylic acid groups (broad SMARTS) is 1. The first-order chi connectivity index (χ1) is 19.0. The first-order valence-corrected chi connectivity index (χ1v) is 12.6. The van der Waals surface area contributed by atoms with Crippen LogP contribution in [-0.2, 0) is 17.3 Å². The standard InChI is InChI=1S/C28H20Cl2F2N4O4/c1-28(31,32)19-8-2-16(3-9-19)14-35-27(39)36-25(33-35)23(17-4-10-20(29)11-5-17)24(18-6-12-21(30)13-7-18)26(34-36)40-15-22(37)38/h2-13H,14-15H2,1H3,(H,37,38). The molecule has 0 aliphatic rings. The monoisotopic (exact) mass is 584 g/mol. The van der Waals surface area contributed by atoms with E-state index in [1.807, 2.05) is 0 Å². The van der Waals surface area contributed by atoms with Gasteiger partial charge in [0.1, 0.15) is 0 Å². The van der Waals surface area contributed by atoms with Crippen LogP contribution >= 0.6 is 23.2 Å². The second-order valence-corrected chi connectivity index (χ2v) is 9.89. The number of ether oxygens (including phenoxy) is 1. The van der Waals surface area contributed by atoms with Crippen LogP contribution in [0.15, 0.2) is 77.6 Å². The maximum atomic E-state index is 13.7. The Labute approximate surface area is 236 Å². The van der Waals surface area contributed by atoms with Crippen LogP contribution in [0.2, 0.25) is 10.0 Å². The van der Waals surface area contributed by atoms with Crippen molar-refractivity contribution in [2.45, 2.75) is 19.4 Å². The van der Waals surface area contributed by atoms with Gasteiger partial charge in [-0.25, -0.2) is 23.1 Å². The van der Waals surface area contributed by atoms with Gasteiger partial charge in [-0.05, 0) is 41.0 Å². The van der Waals surface area contributed by atoms with Crippen LogP contribution in [0.25, 0.3) is 27.9 Å². The Morgan fingerprint density at radius 2 is 1.45 bits per heavy atom. The van der Waals surface area contributed by atoms with Crippen molar-refractivity contribution in [2.75, 3.05) is 6.61 Å². The highest BCUT2D eigenvalue weighted by Crippen LogP contribution is 2.40. The number of alkyl halides is 2. The van der Waals surface area contributed by atoms with E-state index in [2.05, 4.69) is 10.2 Å². The predicted molar refractivity (Wildman–Crippen MR) is 146 cm³/mol. The third-order valence-corrected chi connectivity index (χ3v) is 6.59. The van der Waals surface area contributed by atoms with Gasteiger partial charge in [0.25, 0.3) is 5.92 Å². The Balaban J connectivity index is 1.74. The van der Waals surface area contributed by atoms with Gasteiger partial charge in [-0.3, -0.25) is 0 Å². The number of halogens is 4. The molecule has 0 spiro atoms. The summed E-state index contributed by atoms with van der Waals surface area (Å²) in [6.07, 6.45) is 0. The van der Waals surface area contributed by atoms with E-state index in [1.165, 1.54) is 24.3 Å². The van der Waals surface area contributed by atoms with E-state index in [4.69, 9.17) is 27.9 Å². The molecule has 0 saturated carbocycles. The van der Waals surface area contributed by atoms with Crippen LogP contribution in [-0.4, -0.2) is 37.1 Å². The molecule has 40 heavy (non-hydrogen) atoms. The van der Waals surface area contributed by atoms with Crippen molar-refractivity contribution >= 4 is 34.8 Å². The summed E-state index contributed by atoms with van der Waals surface area (Å²) in [5.74, 6) is -4.35. The first-order valence-electron chi connectivity index (χ1n) is 11.9. The fourth-order valence-electron chi connectivity index (χ4n) is 4.19. The van der Waals surface area contributed by atoms with Crippen molar-refractivity contribution in [3.63, 3.8) is 0 Å². The third kappa shape index (κ3) is 5.54. The summed E-state index contributed by atoms with van der Waals surface area (Å²) < 4.78 is 35.0. The van der Waals surface area contributed by atoms with Gasteiger partial charge in [-0.2, -0.15) is 4.52 Å². The number of aliphatic carboxylic acids is 1. The topological polar surface area (TPSA) is 98.7 Å². The van der Waals surface area contributed by atoms with Crippen LogP contribution < -0.4 is 10.4 Å². The third-order valence-electron chi connectivity index (χ3n) is 6.09. The van der Waals surface area contributed by atoms with Gasteiger partial charge in [0, 0.05) is 28.1 Å². The normalized spacial score (nSPS) is 11.6. The highest BCUT2D eigenvalue weighted by molar-refractivity contribution is 6.31. The zero-order valence-electron chi connectivity index (χ0n) is 20.8. The number of benzene rings is 3. The Bertz CT molecular complexity index is 1760. The van der Waals surface area contributed by atoms with Crippen molar-refractivity contribution in [1.29, 1.82) is 0 Å². The van der Waals surface area contributed by atoms with Gasteiger partial charge in [0.05, 0.1) is 12.1 Å². The number of fused-ring (bicyclic) bond motifs is 1. The maximum Gasteiger partial charge on any atom is 0.367 e. The van der Waals surface area contributed by atoms with Crippen molar-refractivity contribution in [2.24, 2.45) is 0 Å². The lowest BCUT2D eigenvalue weighted by molar-refractivity contribution is -0.139. The minimum Gasteiger partial charge on any atom is -0.479 e. The van der Waals surface area contributed by atoms with Crippen molar-refractivity contribution < 1.29 is 23.4 Å². The van der Waals surface area contributed by atoms with E-state index in [0.29, 0.717) is 37.9 Å². The maximum absolute atomic E-state index is 13.7. The molecule has 0 atom stereocenters. The van der Waals surface area contributed by atoms with Gasteiger partial charge in [0.2, 0.25) is 5.88 Å². The molecular weight excluding hydrogens is 565 g/mol. The summed E-state index contributed by atoms with van der Waals surface area (Å²) in [7, 11) is 0. The summed E-state index contributed by atoms with van der Waals surface area (Å²) in [5.41, 5.74) is 1.95. The number of nitrogens with zero attached hydrogens (tertiary/aromatic N) is 4. The average molecular weight is 585 g/mol. The average Bonchev–Trinajstić information content (AvgIpc) is 3.22. The van der Waals surface area contributed by atoms with Crippen LogP contribution in [0.4, 0.5) is 8.78 Å². The Kier molecular flexibility index (Phi) is 7.31. The lowest BCUT2D eigenvalue weighted by atomic mass is 9.96. The van der Waals surface area contributed by atoms with Gasteiger partial charge in [-0.1, -0.05) is 71.7 Å². The fraction of sp³-hybridized carbons (Fsp3) is 0.143. The zero-order valence-corrected chi connectivity index (χ0v) is 22.3. The number of aromatic nitrogens is 4. The molecule has 0 radical (unpaired) electrons. The van der Waals surface area contributed by atoms with Gasteiger partial charge in [-0.15, -0.1) is 10.2 Å². The second kappa shape index (κ2) is 10.7. The molecule has 1 N–H and O–H groups in total. The minimum absolute atomic E-state index is 0.0284. The lowest BCUT2D eigenvalue weighted by Gasteiger charge is -2.15. The molecule has 0 aliphatic heterocycles. The zero-order chi connectivity index (χ0) is 28.6. The van der Waals surface area contributed by atoms with E-state index in [0.717, 1.165) is 16.1 Å². The van der Waals surface area contributed by atoms with E-state index in [1.54, 1.807) is 48.5 Å². The number of carbonyl (C=O) groups is 1. The van der Waals surface area contributed by atoms with Crippen LogP contribution in [0.3, 0.4) is 0 Å². The Hall–Kier alpha value is -4.28. The number of rotatable bonds is 8. The molecule has 0 aliphatic carbocycles. The largest absolute Gasteiger partial charge is 0.479 e. The van der Waals surface area contributed by atoms with Crippen molar-refractivity contribution in [1.82, 2.24) is 19.4 Å². The molecule has 3 aromatic carbocycles. The highest BCUT2D eigenvalue weighted by atomic mass is 35.5. The lowest BCUT2D eigenvalue weighted by Crippen LogP contribution is -2.23. The van der Waals surface area contributed by atoms with E-state index in [9.17, 15) is 23.5 Å². The first kappa shape index (κ1) is 27.3. The fourth-order valence-corrected chi connectivity index (χ4v) is 4.44. The molecule has 204 valence electrons. The molecule has 0 saturated heterocycles. The van der Waals surface area contributed by atoms with Gasteiger partial charge >= 0.3 is 11.7 Å². The molecule has 0 bridgehead atoms. The molecule has 5 aromatic rings. The van der Waals surface area contributed by atoms with E-state index < -0.39 is 24.2 Å². The Morgan fingerprint density at radius 3 is 1.98 bits per heavy atom. The van der Waals surface area contributed by atoms with E-state index >= 15 is 0 Å². The van der Waals surface area contributed by atoms with Crippen molar-refractivity contribution in [3.05, 3.63) is 104 Å². The quantitative estimate of drug-likeness (QED) is 0.235. The smallest absolute Gasteiger partial charge is 0.367 e. The van der Waals surface area contributed by atoms with Crippen LogP contribution in [0, 0.1) is 0 Å². The van der Waals surface area contributed by atoms with Crippen molar-refractivity contribution in [3.8, 4) is 28.1 Å².